The van der Waals surface area contributed by atoms with Crippen LogP contribution in [0.1, 0.15) is 63.8 Å². The second kappa shape index (κ2) is 13.6. The number of nitrogens with two attached hydrogens (primary N) is 1. The number of rotatable bonds is 9. The average Bonchev–Trinajstić information content (AvgIpc) is 3.79. The Hall–Kier alpha value is -3.05. The first-order valence-corrected chi connectivity index (χ1v) is 18.5. The quantitative estimate of drug-likeness (QED) is 0.151. The summed E-state index contributed by atoms with van der Waals surface area (Å²) in [6, 6.07) is 1.57. The van der Waals surface area contributed by atoms with Gasteiger partial charge in [-0.15, -0.1) is 21.5 Å². The molecule has 254 valence electrons. The van der Waals surface area contributed by atoms with Crippen LogP contribution >= 0.6 is 11.3 Å². The number of ether oxygens (including phenoxy) is 1. The first-order valence-electron chi connectivity index (χ1n) is 14.6. The maximum Gasteiger partial charge on any atom is 0.294 e. The molecule has 0 aromatic carbocycles. The molecule has 3 aromatic heterocycles. The molecule has 0 unspecified atom stereocenters. The van der Waals surface area contributed by atoms with Crippen molar-refractivity contribution in [2.24, 2.45) is 5.14 Å². The Morgan fingerprint density at radius 2 is 1.96 bits per heavy atom. The standard InChI is InChI=1S/C15H20N6O6.C10H16N2O4S3/c22-11-9(5-26-21(24)25)27-15(12(11)23)20-7-18-10-13(16-6-17-14(10)20)19-8-3-1-2-4-8;1-3-12-8-4-6(2)18(13,14)10-7(8)5-9(17-10)19(11,15)16/h6-9,11-12,15,22-23H,1-5H2,(H,16,17,19);5-6,8,12H,3-4H2,1-2H3,(H2,11,15,16)/t9-,11-,12-,15-;6-,8-/m10/s1. The number of thiophene rings is 1. The Morgan fingerprint density at radius 3 is 2.61 bits per heavy atom. The van der Waals surface area contributed by atoms with E-state index in [2.05, 4.69) is 30.4 Å². The number of nitrogens with one attached hydrogen (secondary N) is 2. The molecule has 5 heterocycles. The van der Waals surface area contributed by atoms with Crippen molar-refractivity contribution in [3.63, 3.8) is 0 Å². The van der Waals surface area contributed by atoms with E-state index in [1.165, 1.54) is 36.1 Å². The van der Waals surface area contributed by atoms with Crippen LogP contribution in [0.2, 0.25) is 0 Å². The molecule has 21 heteroatoms. The van der Waals surface area contributed by atoms with Gasteiger partial charge >= 0.3 is 0 Å². The van der Waals surface area contributed by atoms with Crippen LogP contribution in [0.15, 0.2) is 27.1 Å². The molecule has 2 aliphatic heterocycles. The van der Waals surface area contributed by atoms with Crippen molar-refractivity contribution in [3.8, 4) is 0 Å². The van der Waals surface area contributed by atoms with Gasteiger partial charge in [0.15, 0.2) is 33.0 Å². The van der Waals surface area contributed by atoms with Gasteiger partial charge in [-0.3, -0.25) is 4.57 Å². The van der Waals surface area contributed by atoms with Gasteiger partial charge in [-0.05, 0) is 38.8 Å². The number of anilines is 1. The summed E-state index contributed by atoms with van der Waals surface area (Å²) >= 11 is 0.742. The van der Waals surface area contributed by atoms with Crippen LogP contribution in [0.4, 0.5) is 5.82 Å². The Balaban J connectivity index is 0.000000193. The van der Waals surface area contributed by atoms with Gasteiger partial charge in [0.1, 0.15) is 39.7 Å². The normalized spacial score (nSPS) is 27.6. The van der Waals surface area contributed by atoms with Crippen LogP contribution < -0.4 is 15.8 Å². The number of fused-ring (bicyclic) bond motifs is 2. The van der Waals surface area contributed by atoms with E-state index in [1.807, 2.05) is 6.92 Å². The van der Waals surface area contributed by atoms with Gasteiger partial charge in [-0.2, -0.15) is 0 Å². The second-order valence-electron chi connectivity index (χ2n) is 11.3. The molecule has 6 atom stereocenters. The molecule has 3 aromatic rings. The maximum absolute atomic E-state index is 12.2. The maximum atomic E-state index is 12.2. The number of aromatic nitrogens is 4. The fraction of sp³-hybridized carbons (Fsp3) is 0.640. The lowest BCUT2D eigenvalue weighted by molar-refractivity contribution is -0.759. The fourth-order valence-electron chi connectivity index (χ4n) is 5.82. The summed E-state index contributed by atoms with van der Waals surface area (Å²) in [5.41, 5.74) is 1.48. The van der Waals surface area contributed by atoms with Crippen molar-refractivity contribution < 1.29 is 41.7 Å². The van der Waals surface area contributed by atoms with Gasteiger partial charge in [0.05, 0.1) is 11.6 Å². The van der Waals surface area contributed by atoms with Crippen LogP contribution in [-0.2, 0) is 29.4 Å². The van der Waals surface area contributed by atoms with E-state index in [9.17, 15) is 37.2 Å². The summed E-state index contributed by atoms with van der Waals surface area (Å²) in [5.74, 6) is 0.604. The van der Waals surface area contributed by atoms with Crippen LogP contribution in [0, 0.1) is 10.1 Å². The number of hydrogen-bond donors (Lipinski definition) is 5. The van der Waals surface area contributed by atoms with E-state index in [-0.39, 0.29) is 14.5 Å². The van der Waals surface area contributed by atoms with E-state index < -0.39 is 61.3 Å². The number of sulfonamides is 1. The highest BCUT2D eigenvalue weighted by atomic mass is 32.3. The summed E-state index contributed by atoms with van der Waals surface area (Å²) < 4.78 is 54.3. The summed E-state index contributed by atoms with van der Waals surface area (Å²) in [4.78, 5) is 27.4. The molecule has 0 radical (unpaired) electrons. The number of hydrogen-bond acceptors (Lipinski definition) is 16. The van der Waals surface area contributed by atoms with E-state index in [1.54, 1.807) is 6.92 Å². The summed E-state index contributed by atoms with van der Waals surface area (Å²) in [7, 11) is -7.33. The molecule has 6 rings (SSSR count). The largest absolute Gasteiger partial charge is 0.387 e. The van der Waals surface area contributed by atoms with Gasteiger partial charge in [0.2, 0.25) is 10.0 Å². The topological polar surface area (TPSA) is 264 Å². The molecular formula is C25H36N8O10S3. The summed E-state index contributed by atoms with van der Waals surface area (Å²) in [6.07, 6.45) is 3.05. The Bertz CT molecular complexity index is 1780. The average molecular weight is 705 g/mol. The molecule has 3 aliphatic rings. The third-order valence-corrected chi connectivity index (χ3v) is 13.5. The first kappa shape index (κ1) is 34.3. The molecule has 2 fully saturated rings. The lowest BCUT2D eigenvalue weighted by Crippen LogP contribution is -2.34. The van der Waals surface area contributed by atoms with Crippen molar-refractivity contribution in [1.82, 2.24) is 24.8 Å². The molecule has 0 bridgehead atoms. The minimum atomic E-state index is -3.88. The zero-order valence-corrected chi connectivity index (χ0v) is 27.4. The molecule has 1 aliphatic carbocycles. The van der Waals surface area contributed by atoms with Crippen LogP contribution in [0.25, 0.3) is 11.2 Å². The van der Waals surface area contributed by atoms with E-state index in [4.69, 9.17) is 9.88 Å². The summed E-state index contributed by atoms with van der Waals surface area (Å²) in [6.45, 7) is 3.74. The zero-order valence-electron chi connectivity index (χ0n) is 24.9. The third kappa shape index (κ3) is 6.95. The van der Waals surface area contributed by atoms with Crippen LogP contribution in [0.3, 0.4) is 0 Å². The molecule has 18 nitrogen and oxygen atoms in total. The van der Waals surface area contributed by atoms with E-state index in [0.29, 0.717) is 41.6 Å². The smallest absolute Gasteiger partial charge is 0.294 e. The van der Waals surface area contributed by atoms with Crippen molar-refractivity contribution in [3.05, 3.63) is 34.4 Å². The Kier molecular flexibility index (Phi) is 10.1. The number of nitrogens with zero attached hydrogens (tertiary/aromatic N) is 5. The molecule has 46 heavy (non-hydrogen) atoms. The van der Waals surface area contributed by atoms with Crippen molar-refractivity contribution in [1.29, 1.82) is 0 Å². The highest BCUT2D eigenvalue weighted by molar-refractivity contribution is 7.95. The van der Waals surface area contributed by atoms with Gasteiger partial charge < -0.3 is 30.4 Å². The predicted molar refractivity (Wildman–Crippen MR) is 163 cm³/mol. The lowest BCUT2D eigenvalue weighted by atomic mass is 10.1. The summed E-state index contributed by atoms with van der Waals surface area (Å²) in [5, 5.41) is 40.9. The minimum absolute atomic E-state index is 0.0990. The lowest BCUT2D eigenvalue weighted by Gasteiger charge is -2.27. The van der Waals surface area contributed by atoms with Crippen LogP contribution in [-0.4, -0.2) is 94.4 Å². The van der Waals surface area contributed by atoms with Gasteiger partial charge in [-0.25, -0.2) is 36.9 Å². The van der Waals surface area contributed by atoms with Crippen LogP contribution in [0.5, 0.6) is 0 Å². The molecule has 0 spiro atoms. The minimum Gasteiger partial charge on any atom is -0.387 e. The van der Waals surface area contributed by atoms with Crippen molar-refractivity contribution in [2.45, 2.75) is 96.2 Å². The highest BCUT2D eigenvalue weighted by Crippen LogP contribution is 2.42. The number of imidazole rings is 1. The molecule has 1 saturated heterocycles. The monoisotopic (exact) mass is 704 g/mol. The van der Waals surface area contributed by atoms with E-state index >= 15 is 0 Å². The van der Waals surface area contributed by atoms with Crippen molar-refractivity contribution >= 4 is 48.2 Å². The Labute approximate surface area is 268 Å². The number of aliphatic hydroxyl groups is 2. The number of aliphatic hydroxyl groups excluding tert-OH is 2. The zero-order chi connectivity index (χ0) is 33.4. The van der Waals surface area contributed by atoms with E-state index in [0.717, 1.165) is 24.2 Å². The van der Waals surface area contributed by atoms with Gasteiger partial charge in [-0.1, -0.05) is 19.8 Å². The predicted octanol–water partition coefficient (Wildman–Crippen LogP) is 0.620. The van der Waals surface area contributed by atoms with Gasteiger partial charge in [0.25, 0.3) is 5.09 Å². The number of sulfone groups is 1. The molecule has 6 N–H and O–H groups in total. The third-order valence-electron chi connectivity index (χ3n) is 8.17. The molecule has 0 amide bonds. The van der Waals surface area contributed by atoms with Crippen molar-refractivity contribution in [2.75, 3.05) is 18.5 Å². The highest BCUT2D eigenvalue weighted by Gasteiger charge is 2.45. The fourth-order valence-corrected chi connectivity index (χ4v) is 10.2. The Morgan fingerprint density at radius 1 is 1.24 bits per heavy atom. The molecule has 1 saturated carbocycles. The second-order valence-corrected chi connectivity index (χ2v) is 16.7. The first-order chi connectivity index (χ1) is 21.7. The molecular weight excluding hydrogens is 669 g/mol. The van der Waals surface area contributed by atoms with Gasteiger partial charge in [0, 0.05) is 17.6 Å². The SMILES string of the molecule is CCN[C@H]1C[C@H](C)S(=O)(=O)c2sc(S(N)(=O)=O)cc21.O=[N+]([O-])OC[C@H]1O[C@@H](n2cnc3c(NC4CCCC4)ncnc32)[C@H](O)[C@@H]1O. The number of primary sulfonamides is 1.